The largest absolute Gasteiger partial charge is 0.449 e. The lowest BCUT2D eigenvalue weighted by Gasteiger charge is -2.13. The monoisotopic (exact) mass is 440 g/mol. The molecule has 1 aliphatic rings. The summed E-state index contributed by atoms with van der Waals surface area (Å²) in [6.07, 6.45) is 2.83. The van der Waals surface area contributed by atoms with Crippen molar-refractivity contribution in [2.24, 2.45) is 0 Å². The molecule has 0 bridgehead atoms. The third-order valence-corrected chi connectivity index (χ3v) is 7.70. The minimum atomic E-state index is -3.93. The van der Waals surface area contributed by atoms with Crippen molar-refractivity contribution >= 4 is 32.6 Å². The van der Waals surface area contributed by atoms with Gasteiger partial charge in [-0.3, -0.25) is 9.52 Å². The summed E-state index contributed by atoms with van der Waals surface area (Å²) in [6, 6.07) is 9.23. The Bertz CT molecular complexity index is 1250. The van der Waals surface area contributed by atoms with Crippen molar-refractivity contribution in [2.75, 3.05) is 17.8 Å². The maximum absolute atomic E-state index is 13.4. The molecule has 1 N–H and O–H groups in total. The fourth-order valence-corrected chi connectivity index (χ4v) is 5.66. The number of carbonyl (C=O) groups is 1. The highest BCUT2D eigenvalue weighted by atomic mass is 32.2. The van der Waals surface area contributed by atoms with E-state index in [4.69, 9.17) is 4.42 Å². The Morgan fingerprint density at radius 1 is 1.06 bits per heavy atom. The number of sulfonamides is 1. The molecule has 0 atom stereocenters. The molecule has 164 valence electrons. The Morgan fingerprint density at radius 2 is 1.71 bits per heavy atom. The number of likely N-dealkylation sites (tertiary alicyclic amines) is 1. The summed E-state index contributed by atoms with van der Waals surface area (Å²) in [5.74, 6) is 0.0543. The van der Waals surface area contributed by atoms with Gasteiger partial charge in [0.05, 0.1) is 0 Å². The molecule has 1 aliphatic heterocycles. The van der Waals surface area contributed by atoms with E-state index < -0.39 is 10.0 Å². The lowest BCUT2D eigenvalue weighted by molar-refractivity contribution is 0.0762. The van der Waals surface area contributed by atoms with Gasteiger partial charge in [0.15, 0.2) is 11.3 Å². The predicted octanol–water partition coefficient (Wildman–Crippen LogP) is 4.96. The zero-order chi connectivity index (χ0) is 22.3. The smallest absolute Gasteiger partial charge is 0.289 e. The van der Waals surface area contributed by atoms with Crippen LogP contribution in [0.25, 0.3) is 11.0 Å². The van der Waals surface area contributed by atoms with Gasteiger partial charge in [-0.15, -0.1) is 0 Å². The van der Waals surface area contributed by atoms with Gasteiger partial charge in [-0.1, -0.05) is 19.1 Å². The number of nitrogens with zero attached hydrogens (tertiary/aromatic N) is 1. The zero-order valence-corrected chi connectivity index (χ0v) is 19.2. The highest BCUT2D eigenvalue weighted by molar-refractivity contribution is 7.93. The molecular weight excluding hydrogens is 412 g/mol. The molecule has 6 nitrogen and oxygen atoms in total. The van der Waals surface area contributed by atoms with E-state index in [-0.39, 0.29) is 22.1 Å². The van der Waals surface area contributed by atoms with Crippen molar-refractivity contribution in [3.8, 4) is 0 Å². The summed E-state index contributed by atoms with van der Waals surface area (Å²) in [7, 11) is -3.93. The normalized spacial score (nSPS) is 14.4. The van der Waals surface area contributed by atoms with Crippen LogP contribution < -0.4 is 4.72 Å². The second-order valence-electron chi connectivity index (χ2n) is 8.24. The van der Waals surface area contributed by atoms with E-state index in [1.54, 1.807) is 24.0 Å². The second kappa shape index (κ2) is 8.04. The minimum absolute atomic E-state index is 0.0886. The van der Waals surface area contributed by atoms with Crippen LogP contribution in [0.5, 0.6) is 0 Å². The van der Waals surface area contributed by atoms with Gasteiger partial charge in [0.1, 0.15) is 4.90 Å². The van der Waals surface area contributed by atoms with Gasteiger partial charge in [0.2, 0.25) is 0 Å². The number of fused-ring (bicyclic) bond motifs is 1. The van der Waals surface area contributed by atoms with Crippen molar-refractivity contribution < 1.29 is 17.6 Å². The Labute approximate surface area is 183 Å². The van der Waals surface area contributed by atoms with E-state index in [2.05, 4.69) is 4.72 Å². The second-order valence-corrected chi connectivity index (χ2v) is 9.85. The molecule has 1 saturated heterocycles. The van der Waals surface area contributed by atoms with Gasteiger partial charge in [0.25, 0.3) is 15.9 Å². The molecule has 2 heterocycles. The lowest BCUT2D eigenvalue weighted by atomic mass is 10.0. The van der Waals surface area contributed by atoms with Crippen LogP contribution in [0, 0.1) is 20.8 Å². The highest BCUT2D eigenvalue weighted by Crippen LogP contribution is 2.36. The fraction of sp³-hybridized carbons (Fsp3) is 0.375. The molecule has 31 heavy (non-hydrogen) atoms. The molecule has 0 spiro atoms. The third-order valence-electron chi connectivity index (χ3n) is 6.16. The third kappa shape index (κ3) is 3.82. The zero-order valence-electron chi connectivity index (χ0n) is 18.4. The van der Waals surface area contributed by atoms with E-state index in [9.17, 15) is 13.2 Å². The van der Waals surface area contributed by atoms with Gasteiger partial charge in [-0.05, 0) is 74.9 Å². The number of carbonyl (C=O) groups excluding carboxylic acids is 1. The molecule has 0 aliphatic carbocycles. The summed E-state index contributed by atoms with van der Waals surface area (Å²) >= 11 is 0. The number of furan rings is 1. The number of hydrogen-bond acceptors (Lipinski definition) is 4. The number of amides is 1. The van der Waals surface area contributed by atoms with Crippen LogP contribution in [0.15, 0.2) is 39.6 Å². The summed E-state index contributed by atoms with van der Waals surface area (Å²) < 4.78 is 35.5. The molecule has 2 aromatic carbocycles. The predicted molar refractivity (Wildman–Crippen MR) is 122 cm³/mol. The number of rotatable bonds is 5. The van der Waals surface area contributed by atoms with Crippen LogP contribution in [-0.2, 0) is 16.4 Å². The van der Waals surface area contributed by atoms with Gasteiger partial charge < -0.3 is 9.32 Å². The topological polar surface area (TPSA) is 79.6 Å². The molecule has 7 heteroatoms. The van der Waals surface area contributed by atoms with Gasteiger partial charge in [-0.2, -0.15) is 0 Å². The molecule has 0 saturated carbocycles. The average Bonchev–Trinajstić information content (AvgIpc) is 3.38. The summed E-state index contributed by atoms with van der Waals surface area (Å²) in [6.45, 7) is 8.91. The standard InChI is InChI=1S/C24H28N2O4S/c1-5-18-8-10-19(11-9-18)25-31(28,29)23-16(3)15(2)14-20-17(4)21(30-22(20)23)24(27)26-12-6-7-13-26/h8-11,14,25H,5-7,12-13H2,1-4H3. The first-order valence-corrected chi connectivity index (χ1v) is 12.2. The van der Waals surface area contributed by atoms with Crippen molar-refractivity contribution in [2.45, 2.75) is 51.9 Å². The first-order valence-electron chi connectivity index (χ1n) is 10.7. The number of hydrogen-bond donors (Lipinski definition) is 1. The van der Waals surface area contributed by atoms with E-state index in [0.29, 0.717) is 35.3 Å². The molecule has 1 aromatic heterocycles. The van der Waals surface area contributed by atoms with E-state index in [0.717, 1.165) is 30.4 Å². The summed E-state index contributed by atoms with van der Waals surface area (Å²) in [5.41, 5.74) is 3.98. The lowest BCUT2D eigenvalue weighted by Crippen LogP contribution is -2.27. The fourth-order valence-electron chi connectivity index (χ4n) is 4.15. The molecule has 1 fully saturated rings. The molecule has 1 amide bonds. The number of aryl methyl sites for hydroxylation is 3. The molecule has 4 rings (SSSR count). The van der Waals surface area contributed by atoms with E-state index >= 15 is 0 Å². The Balaban J connectivity index is 1.83. The van der Waals surface area contributed by atoms with Crippen LogP contribution >= 0.6 is 0 Å². The number of anilines is 1. The minimum Gasteiger partial charge on any atom is -0.449 e. The van der Waals surface area contributed by atoms with E-state index in [1.807, 2.05) is 39.0 Å². The van der Waals surface area contributed by atoms with Gasteiger partial charge in [0, 0.05) is 29.7 Å². The molecular formula is C24H28N2O4S. The SMILES string of the molecule is CCc1ccc(NS(=O)(=O)c2c(C)c(C)cc3c(C)c(C(=O)N4CCCC4)oc23)cc1. The summed E-state index contributed by atoms with van der Waals surface area (Å²) in [4.78, 5) is 14.8. The first kappa shape index (κ1) is 21.4. The van der Waals surface area contributed by atoms with Crippen LogP contribution in [0.3, 0.4) is 0 Å². The Hall–Kier alpha value is -2.80. The van der Waals surface area contributed by atoms with Gasteiger partial charge >= 0.3 is 0 Å². The van der Waals surface area contributed by atoms with Crippen LogP contribution in [-0.4, -0.2) is 32.3 Å². The maximum Gasteiger partial charge on any atom is 0.289 e. The molecule has 3 aromatic rings. The van der Waals surface area contributed by atoms with Crippen LogP contribution in [0.2, 0.25) is 0 Å². The quantitative estimate of drug-likeness (QED) is 0.608. The average molecular weight is 441 g/mol. The number of benzene rings is 2. The molecule has 0 unspecified atom stereocenters. The highest BCUT2D eigenvalue weighted by Gasteiger charge is 2.30. The van der Waals surface area contributed by atoms with Crippen molar-refractivity contribution in [1.82, 2.24) is 4.90 Å². The molecule has 0 radical (unpaired) electrons. The first-order chi connectivity index (χ1) is 14.7. The number of nitrogens with one attached hydrogen (secondary N) is 1. The van der Waals surface area contributed by atoms with Gasteiger partial charge in [-0.25, -0.2) is 8.42 Å². The van der Waals surface area contributed by atoms with Crippen molar-refractivity contribution in [1.29, 1.82) is 0 Å². The van der Waals surface area contributed by atoms with Crippen molar-refractivity contribution in [3.63, 3.8) is 0 Å². The van der Waals surface area contributed by atoms with Crippen LogP contribution in [0.1, 0.15) is 52.6 Å². The van der Waals surface area contributed by atoms with Crippen molar-refractivity contribution in [3.05, 3.63) is 58.3 Å². The van der Waals surface area contributed by atoms with E-state index in [1.165, 1.54) is 0 Å². The Morgan fingerprint density at radius 3 is 2.32 bits per heavy atom. The Kier molecular flexibility index (Phi) is 5.56. The maximum atomic E-state index is 13.4. The summed E-state index contributed by atoms with van der Waals surface area (Å²) in [5, 5.41) is 0.660. The van der Waals surface area contributed by atoms with Crippen LogP contribution in [0.4, 0.5) is 5.69 Å².